The number of rotatable bonds is 1. The topological polar surface area (TPSA) is 44.1 Å². The third-order valence-corrected chi connectivity index (χ3v) is 3.53. The van der Waals surface area contributed by atoms with Gasteiger partial charge in [-0.15, -0.1) is 0 Å². The van der Waals surface area contributed by atoms with E-state index in [1.807, 2.05) is 13.8 Å². The summed E-state index contributed by atoms with van der Waals surface area (Å²) < 4.78 is 27.6. The minimum absolute atomic E-state index is 0.132. The van der Waals surface area contributed by atoms with E-state index in [9.17, 15) is 13.6 Å². The van der Waals surface area contributed by atoms with Gasteiger partial charge in [0, 0.05) is 12.1 Å². The Bertz CT molecular complexity index is 552. The standard InChI is InChI=1S/C14H14F2N2O/c1-14(2)4-3-5-18(14)13(19)12-10(15)6-9(8-17)7-11(12)16/h6-7H,3-5H2,1-2H3. The van der Waals surface area contributed by atoms with Crippen molar-refractivity contribution >= 4 is 5.91 Å². The zero-order valence-electron chi connectivity index (χ0n) is 10.8. The maximum absolute atomic E-state index is 13.8. The molecule has 0 N–H and O–H groups in total. The van der Waals surface area contributed by atoms with Crippen molar-refractivity contribution in [3.05, 3.63) is 34.9 Å². The summed E-state index contributed by atoms with van der Waals surface area (Å²) in [7, 11) is 0. The molecule has 1 aliphatic rings. The first kappa shape index (κ1) is 13.5. The van der Waals surface area contributed by atoms with Crippen molar-refractivity contribution in [2.75, 3.05) is 6.54 Å². The smallest absolute Gasteiger partial charge is 0.260 e. The summed E-state index contributed by atoms with van der Waals surface area (Å²) in [6.45, 7) is 4.24. The summed E-state index contributed by atoms with van der Waals surface area (Å²) >= 11 is 0. The molecule has 5 heteroatoms. The van der Waals surface area contributed by atoms with E-state index in [1.165, 1.54) is 4.90 Å². The Morgan fingerprint density at radius 1 is 1.37 bits per heavy atom. The molecule has 1 aromatic carbocycles. The van der Waals surface area contributed by atoms with Gasteiger partial charge >= 0.3 is 0 Å². The summed E-state index contributed by atoms with van der Waals surface area (Å²) in [6.07, 6.45) is 1.62. The van der Waals surface area contributed by atoms with Crippen molar-refractivity contribution in [1.29, 1.82) is 5.26 Å². The summed E-state index contributed by atoms with van der Waals surface area (Å²) in [6, 6.07) is 3.43. The van der Waals surface area contributed by atoms with Crippen LogP contribution in [-0.2, 0) is 0 Å². The van der Waals surface area contributed by atoms with Crippen LogP contribution >= 0.6 is 0 Å². The summed E-state index contributed by atoms with van der Waals surface area (Å²) in [4.78, 5) is 13.8. The van der Waals surface area contributed by atoms with Gasteiger partial charge in [0.1, 0.15) is 17.2 Å². The number of hydrogen-bond donors (Lipinski definition) is 0. The molecule has 19 heavy (non-hydrogen) atoms. The molecular formula is C14H14F2N2O. The average Bonchev–Trinajstić information content (AvgIpc) is 2.67. The highest BCUT2D eigenvalue weighted by Gasteiger charge is 2.37. The van der Waals surface area contributed by atoms with Crippen molar-refractivity contribution in [2.24, 2.45) is 0 Å². The number of amides is 1. The van der Waals surface area contributed by atoms with Crippen LogP contribution in [0, 0.1) is 23.0 Å². The molecule has 1 saturated heterocycles. The van der Waals surface area contributed by atoms with Crippen LogP contribution in [0.4, 0.5) is 8.78 Å². The van der Waals surface area contributed by atoms with Crippen LogP contribution in [-0.4, -0.2) is 22.9 Å². The SMILES string of the molecule is CC1(C)CCCN1C(=O)c1c(F)cc(C#N)cc1F. The number of nitriles is 1. The first-order chi connectivity index (χ1) is 8.86. The Hall–Kier alpha value is -1.96. The molecule has 100 valence electrons. The monoisotopic (exact) mass is 264 g/mol. The number of halogens is 2. The van der Waals surface area contributed by atoms with Crippen molar-refractivity contribution in [1.82, 2.24) is 4.90 Å². The van der Waals surface area contributed by atoms with E-state index in [-0.39, 0.29) is 5.56 Å². The number of carbonyl (C=O) groups is 1. The third kappa shape index (κ3) is 2.30. The van der Waals surface area contributed by atoms with Gasteiger partial charge in [-0.05, 0) is 38.8 Å². The zero-order valence-corrected chi connectivity index (χ0v) is 10.8. The molecule has 0 unspecified atom stereocenters. The number of nitrogens with zero attached hydrogens (tertiary/aromatic N) is 2. The fourth-order valence-electron chi connectivity index (χ4n) is 2.46. The van der Waals surface area contributed by atoms with E-state index in [2.05, 4.69) is 0 Å². The summed E-state index contributed by atoms with van der Waals surface area (Å²) in [5, 5.41) is 8.63. The lowest BCUT2D eigenvalue weighted by atomic mass is 10.0. The molecule has 3 nitrogen and oxygen atoms in total. The molecular weight excluding hydrogens is 250 g/mol. The van der Waals surface area contributed by atoms with Crippen LogP contribution in [0.15, 0.2) is 12.1 Å². The largest absolute Gasteiger partial charge is 0.333 e. The fraction of sp³-hybridized carbons (Fsp3) is 0.429. The first-order valence-electron chi connectivity index (χ1n) is 6.08. The van der Waals surface area contributed by atoms with Crippen LogP contribution in [0.1, 0.15) is 42.6 Å². The van der Waals surface area contributed by atoms with Gasteiger partial charge in [0.2, 0.25) is 0 Å². The highest BCUT2D eigenvalue weighted by molar-refractivity contribution is 5.95. The van der Waals surface area contributed by atoms with E-state index in [0.717, 1.165) is 25.0 Å². The second-order valence-electron chi connectivity index (χ2n) is 5.30. The Kier molecular flexibility index (Phi) is 3.27. The van der Waals surface area contributed by atoms with Crippen molar-refractivity contribution in [3.8, 4) is 6.07 Å². The number of likely N-dealkylation sites (tertiary alicyclic amines) is 1. The predicted octanol–water partition coefficient (Wildman–Crippen LogP) is 2.85. The molecule has 2 rings (SSSR count). The highest BCUT2D eigenvalue weighted by Crippen LogP contribution is 2.31. The Morgan fingerprint density at radius 3 is 2.37 bits per heavy atom. The zero-order chi connectivity index (χ0) is 14.2. The average molecular weight is 264 g/mol. The molecule has 0 atom stereocenters. The lowest BCUT2D eigenvalue weighted by Gasteiger charge is -2.31. The molecule has 0 aromatic heterocycles. The van der Waals surface area contributed by atoms with Crippen LogP contribution < -0.4 is 0 Å². The maximum atomic E-state index is 13.8. The first-order valence-corrected chi connectivity index (χ1v) is 6.08. The van der Waals surface area contributed by atoms with Gasteiger partial charge in [-0.1, -0.05) is 0 Å². The Balaban J connectivity index is 2.43. The normalized spacial score (nSPS) is 17.3. The highest BCUT2D eigenvalue weighted by atomic mass is 19.1. The van der Waals surface area contributed by atoms with E-state index >= 15 is 0 Å². The van der Waals surface area contributed by atoms with Gasteiger partial charge in [0.05, 0.1) is 11.6 Å². The fourth-order valence-corrected chi connectivity index (χ4v) is 2.46. The predicted molar refractivity (Wildman–Crippen MR) is 65.4 cm³/mol. The van der Waals surface area contributed by atoms with Crippen molar-refractivity contribution < 1.29 is 13.6 Å². The van der Waals surface area contributed by atoms with Crippen LogP contribution in [0.2, 0.25) is 0 Å². The van der Waals surface area contributed by atoms with Crippen LogP contribution in [0.5, 0.6) is 0 Å². The van der Waals surface area contributed by atoms with Crippen LogP contribution in [0.3, 0.4) is 0 Å². The molecule has 1 amide bonds. The Morgan fingerprint density at radius 2 is 1.95 bits per heavy atom. The lowest BCUT2D eigenvalue weighted by molar-refractivity contribution is 0.0642. The lowest BCUT2D eigenvalue weighted by Crippen LogP contribution is -2.43. The van der Waals surface area contributed by atoms with Gasteiger partial charge in [-0.2, -0.15) is 5.26 Å². The van der Waals surface area contributed by atoms with Crippen molar-refractivity contribution in [3.63, 3.8) is 0 Å². The van der Waals surface area contributed by atoms with Gasteiger partial charge in [-0.3, -0.25) is 4.79 Å². The minimum Gasteiger partial charge on any atom is -0.333 e. The van der Waals surface area contributed by atoms with E-state index in [1.54, 1.807) is 6.07 Å². The molecule has 0 spiro atoms. The van der Waals surface area contributed by atoms with Gasteiger partial charge in [0.25, 0.3) is 5.91 Å². The van der Waals surface area contributed by atoms with Crippen LogP contribution in [0.25, 0.3) is 0 Å². The van der Waals surface area contributed by atoms with E-state index in [0.29, 0.717) is 6.54 Å². The molecule has 0 bridgehead atoms. The quantitative estimate of drug-likeness (QED) is 0.782. The third-order valence-electron chi connectivity index (χ3n) is 3.53. The van der Waals surface area contributed by atoms with Crippen molar-refractivity contribution in [2.45, 2.75) is 32.2 Å². The van der Waals surface area contributed by atoms with Gasteiger partial charge in [0.15, 0.2) is 0 Å². The second kappa shape index (κ2) is 4.61. The molecule has 1 aliphatic heterocycles. The number of carbonyl (C=O) groups excluding carboxylic acids is 1. The molecule has 1 heterocycles. The minimum atomic E-state index is -0.982. The van der Waals surface area contributed by atoms with E-state index < -0.39 is 28.6 Å². The molecule has 1 aromatic rings. The van der Waals surface area contributed by atoms with E-state index in [4.69, 9.17) is 5.26 Å². The molecule has 0 saturated carbocycles. The van der Waals surface area contributed by atoms with Gasteiger partial charge in [-0.25, -0.2) is 8.78 Å². The number of benzene rings is 1. The molecule has 0 aliphatic carbocycles. The molecule has 1 fully saturated rings. The maximum Gasteiger partial charge on any atom is 0.260 e. The van der Waals surface area contributed by atoms with Gasteiger partial charge < -0.3 is 4.90 Å². The summed E-state index contributed by atoms with van der Waals surface area (Å²) in [5.74, 6) is -2.62. The summed E-state index contributed by atoms with van der Waals surface area (Å²) in [5.41, 5.74) is -1.11. The second-order valence-corrected chi connectivity index (χ2v) is 5.30. The number of hydrogen-bond acceptors (Lipinski definition) is 2. The Labute approximate surface area is 110 Å². The molecule has 0 radical (unpaired) electrons.